The molecule has 1 amide bonds. The maximum absolute atomic E-state index is 12.6. The van der Waals surface area contributed by atoms with Crippen LogP contribution in [-0.2, 0) is 10.2 Å². The number of rotatable bonds is 8. The Balaban J connectivity index is 1.39. The number of methoxy groups -OCH3 is 1. The van der Waals surface area contributed by atoms with Gasteiger partial charge in [-0.25, -0.2) is 0 Å². The molecule has 2 aliphatic heterocycles. The number of hydrogen-bond acceptors (Lipinski definition) is 7. The van der Waals surface area contributed by atoms with Crippen LogP contribution in [-0.4, -0.2) is 47.3 Å². The highest BCUT2D eigenvalue weighted by Crippen LogP contribution is 2.32. The summed E-state index contributed by atoms with van der Waals surface area (Å²) in [6.45, 7) is 9.22. The van der Waals surface area contributed by atoms with Crippen molar-refractivity contribution in [2.75, 3.05) is 20.3 Å². The molecule has 36 heavy (non-hydrogen) atoms. The van der Waals surface area contributed by atoms with Gasteiger partial charge in [0, 0.05) is 0 Å². The molecule has 0 atom stereocenters. The average molecular weight is 507 g/mol. The molecule has 0 aromatic heterocycles. The fraction of sp³-hybridized carbons (Fsp3) is 0.333. The standard InChI is InChI=1S/C27H30N4O4S/c1-6-23-30-31-24(28)20(25(32)29-26(31)36-23)15-17-7-12-21(22(16-17)33-5)35-14-13-34-19-10-8-18(9-11-19)27(2,3)4/h7-12,15-16,28H,6,13-14H2,1-5H3. The zero-order valence-corrected chi connectivity index (χ0v) is 21.9. The van der Waals surface area contributed by atoms with Crippen LogP contribution in [0.3, 0.4) is 0 Å². The lowest BCUT2D eigenvalue weighted by Crippen LogP contribution is -2.35. The van der Waals surface area contributed by atoms with Crippen molar-refractivity contribution < 1.29 is 19.0 Å². The van der Waals surface area contributed by atoms with E-state index in [1.54, 1.807) is 31.4 Å². The van der Waals surface area contributed by atoms with E-state index in [4.69, 9.17) is 19.6 Å². The summed E-state index contributed by atoms with van der Waals surface area (Å²) in [5.74, 6) is 1.41. The molecule has 1 N–H and O–H groups in total. The van der Waals surface area contributed by atoms with Gasteiger partial charge >= 0.3 is 0 Å². The molecule has 0 saturated heterocycles. The van der Waals surface area contributed by atoms with Crippen LogP contribution < -0.4 is 14.2 Å². The van der Waals surface area contributed by atoms with Gasteiger partial charge in [-0.15, -0.1) is 0 Å². The van der Waals surface area contributed by atoms with Crippen LogP contribution in [0.4, 0.5) is 0 Å². The van der Waals surface area contributed by atoms with Gasteiger partial charge in [0.1, 0.15) is 24.0 Å². The molecule has 2 aliphatic rings. The van der Waals surface area contributed by atoms with Crippen molar-refractivity contribution in [3.63, 3.8) is 0 Å². The van der Waals surface area contributed by atoms with Gasteiger partial charge in [0.25, 0.3) is 5.91 Å². The third-order valence-corrected chi connectivity index (χ3v) is 6.68. The molecule has 0 saturated carbocycles. The molecule has 0 unspecified atom stereocenters. The Labute approximate surface area is 215 Å². The van der Waals surface area contributed by atoms with E-state index in [1.165, 1.54) is 22.3 Å². The molecule has 0 radical (unpaired) electrons. The summed E-state index contributed by atoms with van der Waals surface area (Å²) >= 11 is 1.32. The number of hydrazone groups is 1. The van der Waals surface area contributed by atoms with Crippen molar-refractivity contribution in [2.45, 2.75) is 39.5 Å². The van der Waals surface area contributed by atoms with Crippen molar-refractivity contribution in [3.05, 3.63) is 59.2 Å². The van der Waals surface area contributed by atoms with Gasteiger partial charge in [-0.2, -0.15) is 15.1 Å². The van der Waals surface area contributed by atoms with E-state index >= 15 is 0 Å². The van der Waals surface area contributed by atoms with Crippen LogP contribution in [0.25, 0.3) is 6.08 Å². The van der Waals surface area contributed by atoms with Crippen molar-refractivity contribution in [1.29, 1.82) is 5.41 Å². The lowest BCUT2D eigenvalue weighted by molar-refractivity contribution is -0.114. The van der Waals surface area contributed by atoms with Crippen LogP contribution in [0.5, 0.6) is 17.2 Å². The van der Waals surface area contributed by atoms with E-state index in [-0.39, 0.29) is 16.8 Å². The highest BCUT2D eigenvalue weighted by Gasteiger charge is 2.35. The molecule has 8 nitrogen and oxygen atoms in total. The number of amides is 1. The molecule has 0 bridgehead atoms. The summed E-state index contributed by atoms with van der Waals surface area (Å²) in [5.41, 5.74) is 2.21. The van der Waals surface area contributed by atoms with Gasteiger partial charge in [-0.3, -0.25) is 10.2 Å². The molecule has 0 fully saturated rings. The van der Waals surface area contributed by atoms with Crippen LogP contribution in [0.15, 0.2) is 58.1 Å². The fourth-order valence-electron chi connectivity index (χ4n) is 3.60. The number of nitrogens with zero attached hydrogens (tertiary/aromatic N) is 3. The molecule has 4 rings (SSSR count). The lowest BCUT2D eigenvalue weighted by atomic mass is 9.87. The summed E-state index contributed by atoms with van der Waals surface area (Å²) < 4.78 is 17.2. The Hall–Kier alpha value is -3.59. The topological polar surface area (TPSA) is 96.6 Å². The second-order valence-corrected chi connectivity index (χ2v) is 10.3. The summed E-state index contributed by atoms with van der Waals surface area (Å²) in [6, 6.07) is 13.4. The molecule has 188 valence electrons. The number of amidine groups is 2. The summed E-state index contributed by atoms with van der Waals surface area (Å²) in [4.78, 5) is 16.7. The van der Waals surface area contributed by atoms with Crippen molar-refractivity contribution in [1.82, 2.24) is 5.01 Å². The highest BCUT2D eigenvalue weighted by atomic mass is 32.2. The van der Waals surface area contributed by atoms with Gasteiger partial charge < -0.3 is 14.2 Å². The quantitative estimate of drug-likeness (QED) is 0.376. The number of carbonyl (C=O) groups excluding carboxylic acids is 1. The predicted molar refractivity (Wildman–Crippen MR) is 144 cm³/mol. The van der Waals surface area contributed by atoms with Gasteiger partial charge in [0.05, 0.1) is 12.7 Å². The van der Waals surface area contributed by atoms with Crippen LogP contribution in [0, 0.1) is 5.41 Å². The normalized spacial score (nSPS) is 16.6. The maximum atomic E-state index is 12.6. The number of carbonyl (C=O) groups is 1. The summed E-state index contributed by atoms with van der Waals surface area (Å²) in [7, 11) is 1.55. The third kappa shape index (κ3) is 5.62. The largest absolute Gasteiger partial charge is 0.493 e. The number of fused-ring (bicyclic) bond motifs is 1. The van der Waals surface area contributed by atoms with E-state index in [0.29, 0.717) is 41.9 Å². The molecule has 2 aromatic carbocycles. The average Bonchev–Trinajstić information content (AvgIpc) is 3.28. The van der Waals surface area contributed by atoms with E-state index in [0.717, 1.165) is 10.8 Å². The first kappa shape index (κ1) is 25.5. The molecule has 2 heterocycles. The smallest absolute Gasteiger partial charge is 0.283 e. The first-order valence-corrected chi connectivity index (χ1v) is 12.5. The fourth-order valence-corrected chi connectivity index (χ4v) is 4.42. The van der Waals surface area contributed by atoms with E-state index in [2.05, 4.69) is 43.0 Å². The zero-order chi connectivity index (χ0) is 25.9. The van der Waals surface area contributed by atoms with Crippen molar-refractivity contribution in [2.24, 2.45) is 10.1 Å². The first-order valence-electron chi connectivity index (χ1n) is 11.7. The number of nitrogens with one attached hydrogen (secondary N) is 1. The van der Waals surface area contributed by atoms with Gasteiger partial charge in [0.2, 0.25) is 5.17 Å². The Morgan fingerprint density at radius 3 is 2.44 bits per heavy atom. The van der Waals surface area contributed by atoms with E-state index in [1.807, 2.05) is 19.1 Å². The van der Waals surface area contributed by atoms with Crippen molar-refractivity contribution in [3.8, 4) is 17.2 Å². The molecular formula is C27H30N4O4S. The number of ether oxygens (including phenoxy) is 3. The van der Waals surface area contributed by atoms with Crippen LogP contribution in [0.1, 0.15) is 45.2 Å². The molecule has 9 heteroatoms. The second-order valence-electron chi connectivity index (χ2n) is 9.25. The SMILES string of the molecule is CCC1=NN2C(=N)C(=Cc3ccc(OCCOc4ccc(C(C)(C)C)cc4)c(OC)c3)C(=O)N=C2S1. The van der Waals surface area contributed by atoms with Crippen LogP contribution in [0.2, 0.25) is 0 Å². The minimum Gasteiger partial charge on any atom is -0.493 e. The van der Waals surface area contributed by atoms with Gasteiger partial charge in [-0.05, 0) is 65.1 Å². The lowest BCUT2D eigenvalue weighted by Gasteiger charge is -2.20. The highest BCUT2D eigenvalue weighted by molar-refractivity contribution is 8.26. The number of hydrogen-bond donors (Lipinski definition) is 1. The first-order chi connectivity index (χ1) is 17.2. The second kappa shape index (κ2) is 10.6. The molecular weight excluding hydrogens is 476 g/mol. The van der Waals surface area contributed by atoms with Crippen molar-refractivity contribution >= 4 is 39.8 Å². The number of benzene rings is 2. The Kier molecular flexibility index (Phi) is 7.49. The van der Waals surface area contributed by atoms with Crippen LogP contribution >= 0.6 is 11.8 Å². The maximum Gasteiger partial charge on any atom is 0.283 e. The Bertz CT molecular complexity index is 1260. The molecule has 0 aliphatic carbocycles. The monoisotopic (exact) mass is 506 g/mol. The number of thioether (sulfide) groups is 1. The third-order valence-electron chi connectivity index (χ3n) is 5.63. The summed E-state index contributed by atoms with van der Waals surface area (Å²) in [5, 5.41) is 15.5. The van der Waals surface area contributed by atoms with Gasteiger partial charge in [0.15, 0.2) is 17.3 Å². The minimum atomic E-state index is -0.460. The predicted octanol–water partition coefficient (Wildman–Crippen LogP) is 5.48. The molecule has 2 aromatic rings. The van der Waals surface area contributed by atoms with E-state index in [9.17, 15) is 4.79 Å². The Morgan fingerprint density at radius 1 is 1.06 bits per heavy atom. The minimum absolute atomic E-state index is 0.00734. The zero-order valence-electron chi connectivity index (χ0n) is 21.1. The Morgan fingerprint density at radius 2 is 1.78 bits per heavy atom. The van der Waals surface area contributed by atoms with Gasteiger partial charge in [-0.1, -0.05) is 45.9 Å². The number of aliphatic imine (C=N–C) groups is 1. The van der Waals surface area contributed by atoms with E-state index < -0.39 is 5.91 Å². The molecule has 0 spiro atoms. The summed E-state index contributed by atoms with van der Waals surface area (Å²) in [6.07, 6.45) is 2.33.